The molecule has 172 valence electrons. The predicted octanol–water partition coefficient (Wildman–Crippen LogP) is 4.75. The van der Waals surface area contributed by atoms with E-state index in [1.807, 2.05) is 30.3 Å². The highest BCUT2D eigenvalue weighted by molar-refractivity contribution is 5.96. The molecule has 1 unspecified atom stereocenters. The Morgan fingerprint density at radius 1 is 1.15 bits per heavy atom. The van der Waals surface area contributed by atoms with Gasteiger partial charge in [-0.25, -0.2) is 4.39 Å². The quantitative estimate of drug-likeness (QED) is 0.452. The molecule has 4 aromatic rings. The van der Waals surface area contributed by atoms with Gasteiger partial charge in [-0.3, -0.25) is 14.7 Å². The smallest absolute Gasteiger partial charge is 0.289 e. The SMILES string of the molecule is CC(C(=O)Nc1[nH]nc2c1CN(C(=O)c1ccco1)CC2)c1ccc(-c2ccccc2)c(F)c1. The molecule has 3 heterocycles. The molecule has 0 saturated carbocycles. The van der Waals surface area contributed by atoms with Gasteiger partial charge < -0.3 is 14.6 Å². The number of nitrogens with one attached hydrogen (secondary N) is 2. The number of H-pyrrole nitrogens is 1. The number of rotatable bonds is 5. The predicted molar refractivity (Wildman–Crippen MR) is 125 cm³/mol. The molecule has 1 aliphatic heterocycles. The molecule has 8 heteroatoms. The fraction of sp³-hybridized carbons (Fsp3) is 0.192. The van der Waals surface area contributed by atoms with Gasteiger partial charge in [0.1, 0.15) is 11.6 Å². The lowest BCUT2D eigenvalue weighted by atomic mass is 9.96. The van der Waals surface area contributed by atoms with Crippen LogP contribution in [0.2, 0.25) is 0 Å². The van der Waals surface area contributed by atoms with Gasteiger partial charge in [0, 0.05) is 24.1 Å². The molecule has 0 radical (unpaired) electrons. The van der Waals surface area contributed by atoms with Crippen molar-refractivity contribution in [3.63, 3.8) is 0 Å². The fourth-order valence-electron chi connectivity index (χ4n) is 4.16. The second kappa shape index (κ2) is 8.97. The third kappa shape index (κ3) is 4.10. The van der Waals surface area contributed by atoms with Crippen molar-refractivity contribution in [2.75, 3.05) is 11.9 Å². The number of carbonyl (C=O) groups is 2. The molecule has 0 fully saturated rings. The second-order valence-corrected chi connectivity index (χ2v) is 8.29. The summed E-state index contributed by atoms with van der Waals surface area (Å²) >= 11 is 0. The molecule has 1 aliphatic rings. The molecule has 2 amide bonds. The number of aromatic amines is 1. The Kier molecular flexibility index (Phi) is 5.71. The summed E-state index contributed by atoms with van der Waals surface area (Å²) in [6.07, 6.45) is 2.03. The number of furan rings is 1. The molecule has 0 bridgehead atoms. The van der Waals surface area contributed by atoms with E-state index in [2.05, 4.69) is 15.5 Å². The van der Waals surface area contributed by atoms with Crippen molar-refractivity contribution in [2.24, 2.45) is 0 Å². The molecule has 5 rings (SSSR count). The van der Waals surface area contributed by atoms with Gasteiger partial charge in [-0.1, -0.05) is 42.5 Å². The summed E-state index contributed by atoms with van der Waals surface area (Å²) < 4.78 is 20.0. The lowest BCUT2D eigenvalue weighted by Crippen LogP contribution is -2.36. The van der Waals surface area contributed by atoms with Crippen LogP contribution in [0.25, 0.3) is 11.1 Å². The normalized spacial score (nSPS) is 13.9. The minimum atomic E-state index is -0.595. The van der Waals surface area contributed by atoms with E-state index in [0.29, 0.717) is 36.5 Å². The van der Waals surface area contributed by atoms with Gasteiger partial charge in [0.15, 0.2) is 5.76 Å². The first-order chi connectivity index (χ1) is 16.5. The first-order valence-corrected chi connectivity index (χ1v) is 11.1. The number of amides is 2. The molecule has 1 atom stereocenters. The van der Waals surface area contributed by atoms with Crippen LogP contribution in [0.1, 0.15) is 40.2 Å². The number of nitrogens with zero attached hydrogens (tertiary/aromatic N) is 2. The lowest BCUT2D eigenvalue weighted by molar-refractivity contribution is -0.117. The average molecular weight is 458 g/mol. The Morgan fingerprint density at radius 2 is 1.97 bits per heavy atom. The zero-order valence-corrected chi connectivity index (χ0v) is 18.5. The molecule has 34 heavy (non-hydrogen) atoms. The second-order valence-electron chi connectivity index (χ2n) is 8.29. The van der Waals surface area contributed by atoms with Crippen molar-refractivity contribution >= 4 is 17.6 Å². The highest BCUT2D eigenvalue weighted by atomic mass is 19.1. The van der Waals surface area contributed by atoms with Crippen LogP contribution in [0, 0.1) is 5.82 Å². The van der Waals surface area contributed by atoms with E-state index in [0.717, 1.165) is 16.8 Å². The summed E-state index contributed by atoms with van der Waals surface area (Å²) in [5.41, 5.74) is 3.40. The Morgan fingerprint density at radius 3 is 2.71 bits per heavy atom. The first kappa shape index (κ1) is 21.6. The molecular weight excluding hydrogens is 435 g/mol. The number of hydrogen-bond acceptors (Lipinski definition) is 4. The Bertz CT molecular complexity index is 1330. The highest BCUT2D eigenvalue weighted by Crippen LogP contribution is 2.29. The first-order valence-electron chi connectivity index (χ1n) is 11.1. The molecule has 7 nitrogen and oxygen atoms in total. The van der Waals surface area contributed by atoms with Gasteiger partial charge in [0.05, 0.1) is 24.4 Å². The van der Waals surface area contributed by atoms with Crippen LogP contribution in [-0.4, -0.2) is 33.5 Å². The topological polar surface area (TPSA) is 91.2 Å². The van der Waals surface area contributed by atoms with Crippen LogP contribution >= 0.6 is 0 Å². The van der Waals surface area contributed by atoms with E-state index in [1.165, 1.54) is 12.3 Å². The third-order valence-corrected chi connectivity index (χ3v) is 6.16. The molecule has 0 aliphatic carbocycles. The number of aromatic nitrogens is 2. The standard InChI is InChI=1S/C26H23FN4O3/c1-16(18-9-10-19(21(27)14-18)17-6-3-2-4-7-17)25(32)28-24-20-15-31(12-11-22(20)29-30-24)26(33)23-8-5-13-34-23/h2-10,13-14,16H,11-12,15H2,1H3,(H2,28,29,30,32). The van der Waals surface area contributed by atoms with Gasteiger partial charge in [-0.15, -0.1) is 0 Å². The lowest BCUT2D eigenvalue weighted by Gasteiger charge is -2.26. The number of anilines is 1. The number of hydrogen-bond donors (Lipinski definition) is 2. The summed E-state index contributed by atoms with van der Waals surface area (Å²) in [7, 11) is 0. The van der Waals surface area contributed by atoms with Crippen LogP contribution in [0.4, 0.5) is 10.2 Å². The van der Waals surface area contributed by atoms with Gasteiger partial charge >= 0.3 is 0 Å². The molecular formula is C26H23FN4O3. The van der Waals surface area contributed by atoms with Crippen molar-refractivity contribution in [3.8, 4) is 11.1 Å². The van der Waals surface area contributed by atoms with Crippen LogP contribution in [0.3, 0.4) is 0 Å². The van der Waals surface area contributed by atoms with Crippen molar-refractivity contribution in [3.05, 3.63) is 95.3 Å². The van der Waals surface area contributed by atoms with Crippen LogP contribution < -0.4 is 5.32 Å². The van der Waals surface area contributed by atoms with E-state index in [4.69, 9.17) is 4.42 Å². The van der Waals surface area contributed by atoms with Gasteiger partial charge in [0.2, 0.25) is 5.91 Å². The Hall–Kier alpha value is -4.20. The van der Waals surface area contributed by atoms with E-state index >= 15 is 0 Å². The molecule has 2 aromatic heterocycles. The number of halogens is 1. The minimum absolute atomic E-state index is 0.212. The van der Waals surface area contributed by atoms with E-state index in [1.54, 1.807) is 36.1 Å². The zero-order chi connectivity index (χ0) is 23.7. The van der Waals surface area contributed by atoms with Crippen molar-refractivity contribution in [1.82, 2.24) is 15.1 Å². The van der Waals surface area contributed by atoms with E-state index < -0.39 is 5.92 Å². The van der Waals surface area contributed by atoms with Crippen LogP contribution in [0.5, 0.6) is 0 Å². The van der Waals surface area contributed by atoms with E-state index in [9.17, 15) is 14.0 Å². The van der Waals surface area contributed by atoms with Gasteiger partial charge in [-0.2, -0.15) is 5.10 Å². The number of carbonyl (C=O) groups excluding carboxylic acids is 2. The number of fused-ring (bicyclic) bond motifs is 1. The van der Waals surface area contributed by atoms with Crippen molar-refractivity contribution < 1.29 is 18.4 Å². The van der Waals surface area contributed by atoms with Crippen LogP contribution in [-0.2, 0) is 17.8 Å². The minimum Gasteiger partial charge on any atom is -0.459 e. The molecule has 2 N–H and O–H groups in total. The summed E-state index contributed by atoms with van der Waals surface area (Å²) in [5, 5.41) is 10.0. The maximum atomic E-state index is 14.8. The number of benzene rings is 2. The monoisotopic (exact) mass is 458 g/mol. The largest absolute Gasteiger partial charge is 0.459 e. The Balaban J connectivity index is 1.31. The van der Waals surface area contributed by atoms with Crippen LogP contribution in [0.15, 0.2) is 71.3 Å². The molecule has 2 aromatic carbocycles. The van der Waals surface area contributed by atoms with Crippen molar-refractivity contribution in [1.29, 1.82) is 0 Å². The molecule has 0 spiro atoms. The van der Waals surface area contributed by atoms with Gasteiger partial charge in [-0.05, 0) is 36.2 Å². The molecule has 0 saturated heterocycles. The van der Waals surface area contributed by atoms with E-state index in [-0.39, 0.29) is 23.4 Å². The van der Waals surface area contributed by atoms with Gasteiger partial charge in [0.25, 0.3) is 5.91 Å². The average Bonchev–Trinajstić information content (AvgIpc) is 3.54. The fourth-order valence-corrected chi connectivity index (χ4v) is 4.16. The zero-order valence-electron chi connectivity index (χ0n) is 18.5. The highest BCUT2D eigenvalue weighted by Gasteiger charge is 2.28. The third-order valence-electron chi connectivity index (χ3n) is 6.16. The maximum absolute atomic E-state index is 14.8. The Labute approximate surface area is 195 Å². The summed E-state index contributed by atoms with van der Waals surface area (Å²) in [6.45, 7) is 2.53. The summed E-state index contributed by atoms with van der Waals surface area (Å²) in [5.74, 6) is -0.765. The van der Waals surface area contributed by atoms with Crippen molar-refractivity contribution in [2.45, 2.75) is 25.8 Å². The maximum Gasteiger partial charge on any atom is 0.289 e. The summed E-state index contributed by atoms with van der Waals surface area (Å²) in [4.78, 5) is 27.3. The summed E-state index contributed by atoms with van der Waals surface area (Å²) in [6, 6.07) is 17.4.